The molecule has 0 unspecified atom stereocenters. The molecule has 0 spiro atoms. The van der Waals surface area contributed by atoms with E-state index in [1.165, 1.54) is 25.0 Å². The van der Waals surface area contributed by atoms with Crippen LogP contribution < -0.4 is 20.4 Å². The van der Waals surface area contributed by atoms with Crippen molar-refractivity contribution in [3.05, 3.63) is 54.0 Å². The highest BCUT2D eigenvalue weighted by molar-refractivity contribution is 5.79. The van der Waals surface area contributed by atoms with E-state index in [4.69, 9.17) is 4.99 Å². The summed E-state index contributed by atoms with van der Waals surface area (Å²) in [5, 5.41) is 6.76. The van der Waals surface area contributed by atoms with Crippen molar-refractivity contribution in [1.29, 1.82) is 0 Å². The van der Waals surface area contributed by atoms with Crippen molar-refractivity contribution in [2.24, 2.45) is 10.9 Å². The molecular formula is C23H31FN6. The minimum atomic E-state index is -0.193. The van der Waals surface area contributed by atoms with Crippen LogP contribution in [0, 0.1) is 11.7 Å². The molecule has 1 aliphatic carbocycles. The van der Waals surface area contributed by atoms with Gasteiger partial charge in [-0.1, -0.05) is 0 Å². The van der Waals surface area contributed by atoms with Gasteiger partial charge in [-0.25, -0.2) is 14.4 Å². The Labute approximate surface area is 178 Å². The third kappa shape index (κ3) is 5.62. The fourth-order valence-corrected chi connectivity index (χ4v) is 3.65. The average Bonchev–Trinajstić information content (AvgIpc) is 3.61. The molecule has 0 amide bonds. The highest BCUT2D eigenvalue weighted by Crippen LogP contribution is 2.27. The van der Waals surface area contributed by atoms with Gasteiger partial charge in [-0.3, -0.25) is 0 Å². The number of nitrogens with one attached hydrogen (secondary N) is 2. The minimum absolute atomic E-state index is 0.193. The summed E-state index contributed by atoms with van der Waals surface area (Å²) >= 11 is 0. The maximum atomic E-state index is 13.2. The first-order chi connectivity index (χ1) is 14.7. The lowest BCUT2D eigenvalue weighted by molar-refractivity contribution is 0.624. The molecule has 1 saturated heterocycles. The van der Waals surface area contributed by atoms with E-state index in [-0.39, 0.29) is 5.82 Å². The van der Waals surface area contributed by atoms with Gasteiger partial charge in [0.15, 0.2) is 5.96 Å². The van der Waals surface area contributed by atoms with E-state index in [1.807, 2.05) is 24.4 Å². The number of anilines is 2. The Morgan fingerprint density at radius 1 is 1.07 bits per heavy atom. The molecule has 1 saturated carbocycles. The zero-order valence-electron chi connectivity index (χ0n) is 17.6. The van der Waals surface area contributed by atoms with Gasteiger partial charge in [-0.2, -0.15) is 0 Å². The second kappa shape index (κ2) is 9.78. The number of pyridine rings is 1. The van der Waals surface area contributed by atoms with Crippen molar-refractivity contribution in [2.75, 3.05) is 49.1 Å². The topological polar surface area (TPSA) is 55.8 Å². The first kappa shape index (κ1) is 20.4. The summed E-state index contributed by atoms with van der Waals surface area (Å²) in [7, 11) is 0. The van der Waals surface area contributed by atoms with E-state index < -0.39 is 0 Å². The van der Waals surface area contributed by atoms with Gasteiger partial charge in [0.05, 0.1) is 6.54 Å². The van der Waals surface area contributed by atoms with Crippen LogP contribution in [0.1, 0.15) is 25.3 Å². The van der Waals surface area contributed by atoms with Crippen LogP contribution in [0.4, 0.5) is 15.9 Å². The lowest BCUT2D eigenvalue weighted by Gasteiger charge is -2.36. The Kier molecular flexibility index (Phi) is 6.67. The summed E-state index contributed by atoms with van der Waals surface area (Å²) in [6.45, 7) is 8.15. The van der Waals surface area contributed by atoms with Gasteiger partial charge >= 0.3 is 0 Å². The van der Waals surface area contributed by atoms with E-state index in [1.54, 1.807) is 0 Å². The normalized spacial score (nSPS) is 17.2. The number of piperazine rings is 1. The van der Waals surface area contributed by atoms with Gasteiger partial charge in [0.1, 0.15) is 11.6 Å². The van der Waals surface area contributed by atoms with Crippen LogP contribution in [0.5, 0.6) is 0 Å². The Bertz CT molecular complexity index is 841. The van der Waals surface area contributed by atoms with Gasteiger partial charge in [-0.15, -0.1) is 0 Å². The molecule has 1 aromatic heterocycles. The number of guanidine groups is 1. The summed E-state index contributed by atoms with van der Waals surface area (Å²) < 4.78 is 13.2. The number of hydrogen-bond acceptors (Lipinski definition) is 4. The van der Waals surface area contributed by atoms with Crippen LogP contribution in [0.2, 0.25) is 0 Å². The molecule has 2 aromatic rings. The zero-order chi connectivity index (χ0) is 20.8. The number of nitrogens with zero attached hydrogens (tertiary/aromatic N) is 4. The minimum Gasteiger partial charge on any atom is -0.368 e. The quantitative estimate of drug-likeness (QED) is 0.543. The molecule has 1 aliphatic heterocycles. The third-order valence-corrected chi connectivity index (χ3v) is 5.62. The Hall–Kier alpha value is -2.83. The lowest BCUT2D eigenvalue weighted by Crippen LogP contribution is -2.46. The fourth-order valence-electron chi connectivity index (χ4n) is 3.65. The lowest BCUT2D eigenvalue weighted by atomic mass is 10.2. The van der Waals surface area contributed by atoms with Crippen LogP contribution in [0.3, 0.4) is 0 Å². The fraction of sp³-hybridized carbons (Fsp3) is 0.478. The maximum Gasteiger partial charge on any atom is 0.191 e. The molecule has 4 rings (SSSR count). The van der Waals surface area contributed by atoms with Crippen molar-refractivity contribution in [3.63, 3.8) is 0 Å². The molecule has 2 aliphatic rings. The SMILES string of the molecule is CCNC(=NCc1ccnc(N2CCN(c3ccc(F)cc3)CC2)c1)NCC1CC1. The van der Waals surface area contributed by atoms with Crippen molar-refractivity contribution >= 4 is 17.5 Å². The number of rotatable bonds is 7. The zero-order valence-corrected chi connectivity index (χ0v) is 17.6. The molecule has 7 heteroatoms. The molecule has 30 heavy (non-hydrogen) atoms. The summed E-state index contributed by atoms with van der Waals surface area (Å²) in [6.07, 6.45) is 4.53. The molecule has 2 N–H and O–H groups in total. The van der Waals surface area contributed by atoms with E-state index in [0.717, 1.165) is 68.2 Å². The highest BCUT2D eigenvalue weighted by atomic mass is 19.1. The van der Waals surface area contributed by atoms with E-state index in [9.17, 15) is 4.39 Å². The summed E-state index contributed by atoms with van der Waals surface area (Å²) in [5.74, 6) is 2.50. The van der Waals surface area contributed by atoms with Gasteiger partial charge in [0, 0.05) is 51.2 Å². The Balaban J connectivity index is 1.33. The largest absolute Gasteiger partial charge is 0.368 e. The number of aliphatic imine (C=N–C) groups is 1. The van der Waals surface area contributed by atoms with Crippen LogP contribution in [0.25, 0.3) is 0 Å². The van der Waals surface area contributed by atoms with Gasteiger partial charge < -0.3 is 20.4 Å². The molecule has 2 fully saturated rings. The first-order valence-corrected chi connectivity index (χ1v) is 10.9. The maximum absolute atomic E-state index is 13.2. The van der Waals surface area contributed by atoms with Crippen molar-refractivity contribution in [3.8, 4) is 0 Å². The van der Waals surface area contributed by atoms with Gasteiger partial charge in [0.25, 0.3) is 0 Å². The number of benzene rings is 1. The summed E-state index contributed by atoms with van der Waals surface area (Å²) in [6, 6.07) is 10.9. The van der Waals surface area contributed by atoms with Crippen molar-refractivity contribution in [2.45, 2.75) is 26.3 Å². The molecule has 0 atom stereocenters. The summed E-state index contributed by atoms with van der Waals surface area (Å²) in [4.78, 5) is 13.9. The third-order valence-electron chi connectivity index (χ3n) is 5.62. The molecule has 0 radical (unpaired) electrons. The highest BCUT2D eigenvalue weighted by Gasteiger charge is 2.21. The molecule has 6 nitrogen and oxygen atoms in total. The molecular weight excluding hydrogens is 379 g/mol. The number of hydrogen-bond donors (Lipinski definition) is 2. The Morgan fingerprint density at radius 3 is 2.50 bits per heavy atom. The molecule has 2 heterocycles. The second-order valence-corrected chi connectivity index (χ2v) is 7.99. The van der Waals surface area contributed by atoms with Crippen LogP contribution in [-0.4, -0.2) is 50.2 Å². The van der Waals surface area contributed by atoms with Crippen LogP contribution in [0.15, 0.2) is 47.6 Å². The van der Waals surface area contributed by atoms with E-state index >= 15 is 0 Å². The second-order valence-electron chi connectivity index (χ2n) is 7.99. The predicted octanol–water partition coefficient (Wildman–Crippen LogP) is 3.01. The number of halogens is 1. The van der Waals surface area contributed by atoms with Crippen LogP contribution >= 0.6 is 0 Å². The Morgan fingerprint density at radius 2 is 1.80 bits per heavy atom. The molecule has 0 bridgehead atoms. The van der Waals surface area contributed by atoms with E-state index in [0.29, 0.717) is 6.54 Å². The van der Waals surface area contributed by atoms with E-state index in [2.05, 4.69) is 38.4 Å². The van der Waals surface area contributed by atoms with Gasteiger partial charge in [-0.05, 0) is 67.6 Å². The smallest absolute Gasteiger partial charge is 0.191 e. The standard InChI is InChI=1S/C23H31FN6/c1-2-25-23(27-16-18-3-4-18)28-17-19-9-10-26-22(15-19)30-13-11-29(12-14-30)21-7-5-20(24)6-8-21/h5-10,15,18H,2-4,11-14,16-17H2,1H3,(H2,25,27,28). The monoisotopic (exact) mass is 410 g/mol. The number of aromatic nitrogens is 1. The van der Waals surface area contributed by atoms with Crippen molar-refractivity contribution < 1.29 is 4.39 Å². The van der Waals surface area contributed by atoms with Crippen molar-refractivity contribution in [1.82, 2.24) is 15.6 Å². The average molecular weight is 411 g/mol. The van der Waals surface area contributed by atoms with Crippen LogP contribution in [-0.2, 0) is 6.54 Å². The predicted molar refractivity (Wildman–Crippen MR) is 121 cm³/mol. The first-order valence-electron chi connectivity index (χ1n) is 10.9. The van der Waals surface area contributed by atoms with Gasteiger partial charge in [0.2, 0.25) is 0 Å². The summed E-state index contributed by atoms with van der Waals surface area (Å²) in [5.41, 5.74) is 2.23. The molecule has 1 aromatic carbocycles. The molecule has 160 valence electrons.